The summed E-state index contributed by atoms with van der Waals surface area (Å²) >= 11 is 6.96. The highest BCUT2D eigenvalue weighted by molar-refractivity contribution is 8.23. The first-order valence-electron chi connectivity index (χ1n) is 8.87. The molecule has 27 heavy (non-hydrogen) atoms. The topological polar surface area (TPSA) is 49.8 Å². The first-order valence-corrected chi connectivity index (χ1v) is 10.3. The van der Waals surface area contributed by atoms with E-state index in [4.69, 9.17) is 17.0 Å². The molecule has 1 heterocycles. The van der Waals surface area contributed by atoms with Gasteiger partial charge in [0.2, 0.25) is 5.91 Å². The van der Waals surface area contributed by atoms with Crippen molar-refractivity contribution in [2.75, 3.05) is 12.9 Å². The number of amides is 1. The molecule has 0 aromatic heterocycles. The highest BCUT2D eigenvalue weighted by Gasteiger charge is 2.38. The van der Waals surface area contributed by atoms with Crippen molar-refractivity contribution < 1.29 is 14.6 Å². The van der Waals surface area contributed by atoms with E-state index in [9.17, 15) is 9.90 Å². The van der Waals surface area contributed by atoms with Gasteiger partial charge < -0.3 is 9.84 Å². The Morgan fingerprint density at radius 3 is 2.56 bits per heavy atom. The average molecular weight is 402 g/mol. The number of ether oxygens (including phenoxy) is 1. The van der Waals surface area contributed by atoms with E-state index in [-0.39, 0.29) is 11.9 Å². The molecule has 1 N–H and O–H groups in total. The lowest BCUT2D eigenvalue weighted by molar-refractivity contribution is -0.135. The Labute approximate surface area is 169 Å². The minimum atomic E-state index is -0.894. The number of methoxy groups -OCH3 is 1. The summed E-state index contributed by atoms with van der Waals surface area (Å²) in [6.07, 6.45) is -0.139. The van der Waals surface area contributed by atoms with Gasteiger partial charge in [-0.2, -0.15) is 0 Å². The van der Waals surface area contributed by atoms with Crippen LogP contribution in [0.1, 0.15) is 24.2 Å². The van der Waals surface area contributed by atoms with Gasteiger partial charge >= 0.3 is 0 Å². The zero-order valence-electron chi connectivity index (χ0n) is 15.4. The number of aliphatic hydroxyl groups is 1. The molecule has 1 aliphatic heterocycles. The van der Waals surface area contributed by atoms with Gasteiger partial charge in [-0.25, -0.2) is 0 Å². The maximum absolute atomic E-state index is 13.1. The Morgan fingerprint density at radius 2 is 1.93 bits per heavy atom. The van der Waals surface area contributed by atoms with Crippen LogP contribution in [-0.2, 0) is 11.2 Å². The van der Waals surface area contributed by atoms with E-state index in [2.05, 4.69) is 12.1 Å². The quantitative estimate of drug-likeness (QED) is 0.746. The molecule has 6 heteroatoms. The smallest absolute Gasteiger partial charge is 0.234 e. The van der Waals surface area contributed by atoms with Crippen LogP contribution in [0.5, 0.6) is 5.75 Å². The van der Waals surface area contributed by atoms with Crippen molar-refractivity contribution in [2.24, 2.45) is 5.92 Å². The molecule has 0 bridgehead atoms. The number of nitrogens with zero attached hydrogens (tertiary/aromatic N) is 1. The summed E-state index contributed by atoms with van der Waals surface area (Å²) in [5, 5.41) is 10.7. The summed E-state index contributed by atoms with van der Waals surface area (Å²) in [4.78, 5) is 14.8. The molecule has 0 unspecified atom stereocenters. The van der Waals surface area contributed by atoms with Gasteiger partial charge in [0.1, 0.15) is 10.1 Å². The molecule has 1 aliphatic rings. The van der Waals surface area contributed by atoms with Crippen molar-refractivity contribution >= 4 is 34.2 Å². The maximum Gasteiger partial charge on any atom is 0.234 e. The van der Waals surface area contributed by atoms with Crippen molar-refractivity contribution in [1.29, 1.82) is 0 Å². The van der Waals surface area contributed by atoms with E-state index in [1.807, 2.05) is 18.2 Å². The van der Waals surface area contributed by atoms with Crippen molar-refractivity contribution in [1.82, 2.24) is 4.90 Å². The number of carbonyl (C=O) groups is 1. The number of thiocarbonyl (C=S) groups is 1. The van der Waals surface area contributed by atoms with Gasteiger partial charge in [0.25, 0.3) is 0 Å². The lowest BCUT2D eigenvalue weighted by Crippen LogP contribution is -2.44. The summed E-state index contributed by atoms with van der Waals surface area (Å²) in [6.45, 7) is 1.75. The summed E-state index contributed by atoms with van der Waals surface area (Å²) in [6, 6.07) is 17.2. The minimum absolute atomic E-state index is 0.0166. The van der Waals surface area contributed by atoms with Crippen LogP contribution in [0.25, 0.3) is 0 Å². The molecule has 1 amide bonds. The fraction of sp³-hybridized carbons (Fsp3) is 0.333. The molecule has 0 saturated carbocycles. The number of hydrogen-bond donors (Lipinski definition) is 1. The molecule has 0 spiro atoms. The third-order valence-electron chi connectivity index (χ3n) is 4.83. The standard InChI is InChI=1S/C21H23NO3S2/c1-14(19(23)16-8-10-18(25-2)11-9-16)20(24)22-17(13-27-21(22)26)12-15-6-4-3-5-7-15/h3-11,14,17,19,23H,12-13H2,1-2H3/t14-,17+,19+/m1/s1. The number of benzene rings is 2. The van der Waals surface area contributed by atoms with Crippen molar-refractivity contribution in [3.05, 3.63) is 65.7 Å². The average Bonchev–Trinajstić information content (AvgIpc) is 3.07. The SMILES string of the molecule is COc1ccc([C@@H](O)[C@@H](C)C(=O)N2C(=S)SC[C@@H]2Cc2ccccc2)cc1. The minimum Gasteiger partial charge on any atom is -0.497 e. The zero-order chi connectivity index (χ0) is 19.4. The van der Waals surface area contributed by atoms with Gasteiger partial charge in [-0.05, 0) is 29.7 Å². The van der Waals surface area contributed by atoms with E-state index >= 15 is 0 Å². The molecular formula is C21H23NO3S2. The Balaban J connectivity index is 1.73. The summed E-state index contributed by atoms with van der Waals surface area (Å²) in [5.74, 6) is 0.776. The molecule has 142 valence electrons. The molecule has 3 atom stereocenters. The molecular weight excluding hydrogens is 378 g/mol. The van der Waals surface area contributed by atoms with E-state index in [0.717, 1.165) is 12.2 Å². The lowest BCUT2D eigenvalue weighted by atomic mass is 9.95. The molecule has 0 aliphatic carbocycles. The second kappa shape index (κ2) is 8.87. The molecule has 3 rings (SSSR count). The normalized spacial score (nSPS) is 19.0. The van der Waals surface area contributed by atoms with Gasteiger partial charge in [0, 0.05) is 5.75 Å². The molecule has 2 aromatic carbocycles. The second-order valence-electron chi connectivity index (χ2n) is 6.64. The predicted molar refractivity (Wildman–Crippen MR) is 113 cm³/mol. The number of rotatable bonds is 6. The third-order valence-corrected chi connectivity index (χ3v) is 6.38. The Morgan fingerprint density at radius 1 is 1.26 bits per heavy atom. The number of thioether (sulfide) groups is 1. The van der Waals surface area contributed by atoms with Crippen LogP contribution in [-0.4, -0.2) is 39.1 Å². The van der Waals surface area contributed by atoms with Crippen LogP contribution in [0, 0.1) is 5.92 Å². The lowest BCUT2D eigenvalue weighted by Gasteiger charge is -2.28. The fourth-order valence-corrected chi connectivity index (χ4v) is 4.63. The molecule has 0 radical (unpaired) electrons. The fourth-order valence-electron chi connectivity index (χ4n) is 3.21. The van der Waals surface area contributed by atoms with Crippen LogP contribution < -0.4 is 4.74 Å². The summed E-state index contributed by atoms with van der Waals surface area (Å²) in [5.41, 5.74) is 1.86. The Kier molecular flexibility index (Phi) is 6.52. The van der Waals surface area contributed by atoms with Crippen molar-refractivity contribution in [2.45, 2.75) is 25.5 Å². The second-order valence-corrected chi connectivity index (χ2v) is 8.29. The highest BCUT2D eigenvalue weighted by Crippen LogP contribution is 2.32. The van der Waals surface area contributed by atoms with Crippen LogP contribution in [0.4, 0.5) is 0 Å². The number of aliphatic hydroxyl groups excluding tert-OH is 1. The van der Waals surface area contributed by atoms with Gasteiger partial charge in [0.15, 0.2) is 0 Å². The van der Waals surface area contributed by atoms with Crippen molar-refractivity contribution in [3.8, 4) is 5.75 Å². The maximum atomic E-state index is 13.1. The Hall–Kier alpha value is -1.89. The van der Waals surface area contributed by atoms with Crippen molar-refractivity contribution in [3.63, 3.8) is 0 Å². The number of hydrogen-bond acceptors (Lipinski definition) is 5. The van der Waals surface area contributed by atoms with Gasteiger partial charge in [-0.15, -0.1) is 0 Å². The van der Waals surface area contributed by atoms with Crippen LogP contribution in [0.2, 0.25) is 0 Å². The van der Waals surface area contributed by atoms with E-state index in [1.165, 1.54) is 17.3 Å². The first kappa shape index (κ1) is 19.9. The van der Waals surface area contributed by atoms with Crippen LogP contribution in [0.15, 0.2) is 54.6 Å². The molecule has 1 saturated heterocycles. The molecule has 4 nitrogen and oxygen atoms in total. The Bertz CT molecular complexity index is 795. The molecule has 1 fully saturated rings. The van der Waals surface area contributed by atoms with Gasteiger partial charge in [-0.1, -0.05) is 73.4 Å². The highest BCUT2D eigenvalue weighted by atomic mass is 32.2. The van der Waals surface area contributed by atoms with Gasteiger partial charge in [0.05, 0.1) is 25.2 Å². The predicted octanol–water partition coefficient (Wildman–Crippen LogP) is 3.84. The molecule has 2 aromatic rings. The van der Waals surface area contributed by atoms with Gasteiger partial charge in [-0.3, -0.25) is 9.69 Å². The van der Waals surface area contributed by atoms with Crippen LogP contribution in [0.3, 0.4) is 0 Å². The first-order chi connectivity index (χ1) is 13.0. The largest absolute Gasteiger partial charge is 0.497 e. The monoisotopic (exact) mass is 401 g/mol. The third kappa shape index (κ3) is 4.51. The summed E-state index contributed by atoms with van der Waals surface area (Å²) < 4.78 is 5.74. The van der Waals surface area contributed by atoms with E-state index < -0.39 is 12.0 Å². The summed E-state index contributed by atoms with van der Waals surface area (Å²) in [7, 11) is 1.59. The number of carbonyl (C=O) groups excluding carboxylic acids is 1. The zero-order valence-corrected chi connectivity index (χ0v) is 17.0. The van der Waals surface area contributed by atoms with E-state index in [0.29, 0.717) is 15.6 Å². The van der Waals surface area contributed by atoms with E-state index in [1.54, 1.807) is 43.2 Å². The van der Waals surface area contributed by atoms with Crippen LogP contribution >= 0.6 is 24.0 Å².